The average molecular weight is 626 g/mol. The number of carbonyl (C=O) groups is 3. The van der Waals surface area contributed by atoms with Crippen LogP contribution >= 0.6 is 22.6 Å². The zero-order valence-electron chi connectivity index (χ0n) is 21.5. The molecule has 0 atom stereocenters. The molecule has 38 heavy (non-hydrogen) atoms. The normalized spacial score (nSPS) is 14.5. The van der Waals surface area contributed by atoms with Crippen molar-refractivity contribution in [2.45, 2.75) is 27.4 Å². The van der Waals surface area contributed by atoms with E-state index in [0.29, 0.717) is 41.7 Å². The van der Waals surface area contributed by atoms with Crippen LogP contribution in [0.5, 0.6) is 17.2 Å². The van der Waals surface area contributed by atoms with Crippen molar-refractivity contribution in [2.75, 3.05) is 18.6 Å². The molecule has 1 aliphatic rings. The van der Waals surface area contributed by atoms with Crippen molar-refractivity contribution < 1.29 is 28.6 Å². The fraction of sp³-hybridized carbons (Fsp3) is 0.207. The SMILES string of the molecule is CCOc1cc(/C=C2\C(=O)NC(=O)N(c3ccc(OC)cc3)C2=O)cc(I)c1OCc1cc(C)cc(C)c1. The number of aryl methyl sites for hydroxylation is 2. The molecule has 1 N–H and O–H groups in total. The molecule has 1 heterocycles. The predicted octanol–water partition coefficient (Wildman–Crippen LogP) is 5.56. The van der Waals surface area contributed by atoms with Gasteiger partial charge >= 0.3 is 6.03 Å². The van der Waals surface area contributed by atoms with Crippen molar-refractivity contribution >= 4 is 52.2 Å². The van der Waals surface area contributed by atoms with Crippen LogP contribution in [0.15, 0.2) is 60.2 Å². The third-order valence-electron chi connectivity index (χ3n) is 5.74. The highest BCUT2D eigenvalue weighted by Gasteiger charge is 2.37. The van der Waals surface area contributed by atoms with E-state index in [4.69, 9.17) is 14.2 Å². The van der Waals surface area contributed by atoms with Gasteiger partial charge in [-0.25, -0.2) is 9.69 Å². The van der Waals surface area contributed by atoms with Crippen LogP contribution in [0, 0.1) is 17.4 Å². The second kappa shape index (κ2) is 11.7. The lowest BCUT2D eigenvalue weighted by atomic mass is 10.1. The number of urea groups is 1. The van der Waals surface area contributed by atoms with Crippen LogP contribution in [0.4, 0.5) is 10.5 Å². The summed E-state index contributed by atoms with van der Waals surface area (Å²) in [4.78, 5) is 39.4. The standard InChI is InChI=1S/C29H27IN2O6/c1-5-37-25-15-19(14-24(30)26(25)38-16-20-11-17(2)10-18(3)12-20)13-23-27(33)31-29(35)32(28(23)34)21-6-8-22(36-4)9-7-21/h6-15H,5,16H2,1-4H3,(H,31,33,35)/b23-13+. The average Bonchev–Trinajstić information content (AvgIpc) is 2.86. The lowest BCUT2D eigenvalue weighted by Gasteiger charge is -2.26. The van der Waals surface area contributed by atoms with E-state index in [1.165, 1.54) is 13.2 Å². The molecular weight excluding hydrogens is 599 g/mol. The Morgan fingerprint density at radius 2 is 1.63 bits per heavy atom. The van der Waals surface area contributed by atoms with Gasteiger partial charge in [-0.15, -0.1) is 0 Å². The predicted molar refractivity (Wildman–Crippen MR) is 153 cm³/mol. The molecule has 1 aliphatic heterocycles. The number of hydrogen-bond acceptors (Lipinski definition) is 6. The van der Waals surface area contributed by atoms with Crippen LogP contribution in [0.3, 0.4) is 0 Å². The Kier molecular flexibility index (Phi) is 8.35. The first-order valence-electron chi connectivity index (χ1n) is 11.9. The number of nitrogens with one attached hydrogen (secondary N) is 1. The number of carbonyl (C=O) groups excluding carboxylic acids is 3. The smallest absolute Gasteiger partial charge is 0.335 e. The van der Waals surface area contributed by atoms with Crippen LogP contribution in [0.2, 0.25) is 0 Å². The molecule has 4 rings (SSSR count). The van der Waals surface area contributed by atoms with E-state index in [-0.39, 0.29) is 5.57 Å². The Morgan fingerprint density at radius 3 is 2.26 bits per heavy atom. The summed E-state index contributed by atoms with van der Waals surface area (Å²) >= 11 is 2.14. The van der Waals surface area contributed by atoms with Crippen molar-refractivity contribution in [3.8, 4) is 17.2 Å². The number of imide groups is 2. The van der Waals surface area contributed by atoms with Crippen LogP contribution in [0.25, 0.3) is 6.08 Å². The highest BCUT2D eigenvalue weighted by molar-refractivity contribution is 14.1. The van der Waals surface area contributed by atoms with Crippen molar-refractivity contribution in [3.05, 3.63) is 86.0 Å². The number of nitrogens with zero attached hydrogens (tertiary/aromatic N) is 1. The number of amides is 4. The fourth-order valence-corrected chi connectivity index (χ4v) is 4.95. The lowest BCUT2D eigenvalue weighted by molar-refractivity contribution is -0.122. The molecule has 0 aromatic heterocycles. The molecule has 0 bridgehead atoms. The summed E-state index contributed by atoms with van der Waals surface area (Å²) in [6, 6.07) is 15.3. The fourth-order valence-electron chi connectivity index (χ4n) is 4.17. The summed E-state index contributed by atoms with van der Waals surface area (Å²) in [7, 11) is 1.52. The van der Waals surface area contributed by atoms with Gasteiger partial charge in [-0.05, 0) is 97.0 Å². The maximum Gasteiger partial charge on any atom is 0.335 e. The Labute approximate surface area is 234 Å². The third-order valence-corrected chi connectivity index (χ3v) is 6.54. The van der Waals surface area contributed by atoms with E-state index >= 15 is 0 Å². The molecule has 0 spiro atoms. The number of rotatable bonds is 8. The Bertz CT molecular complexity index is 1410. The summed E-state index contributed by atoms with van der Waals surface area (Å²) in [6.07, 6.45) is 1.44. The number of ether oxygens (including phenoxy) is 3. The Morgan fingerprint density at radius 1 is 0.947 bits per heavy atom. The van der Waals surface area contributed by atoms with E-state index < -0.39 is 17.8 Å². The minimum absolute atomic E-state index is 0.178. The Hall–Kier alpha value is -3.86. The van der Waals surface area contributed by atoms with Crippen LogP contribution in [-0.4, -0.2) is 31.6 Å². The molecule has 1 fully saturated rings. The first-order chi connectivity index (χ1) is 18.2. The minimum atomic E-state index is -0.818. The molecule has 9 heteroatoms. The molecule has 4 amide bonds. The van der Waals surface area contributed by atoms with Crippen molar-refractivity contribution in [2.24, 2.45) is 0 Å². The van der Waals surface area contributed by atoms with Gasteiger partial charge in [-0.2, -0.15) is 0 Å². The van der Waals surface area contributed by atoms with Crippen LogP contribution in [0.1, 0.15) is 29.2 Å². The number of halogens is 1. The van der Waals surface area contributed by atoms with E-state index in [1.54, 1.807) is 36.4 Å². The number of hydrogen-bond donors (Lipinski definition) is 1. The third kappa shape index (κ3) is 5.99. The van der Waals surface area contributed by atoms with Gasteiger partial charge in [0.1, 0.15) is 17.9 Å². The maximum absolute atomic E-state index is 13.3. The van der Waals surface area contributed by atoms with E-state index in [9.17, 15) is 14.4 Å². The molecule has 0 aliphatic carbocycles. The van der Waals surface area contributed by atoms with Crippen molar-refractivity contribution in [1.82, 2.24) is 5.32 Å². The van der Waals surface area contributed by atoms with Gasteiger partial charge in [-0.1, -0.05) is 29.3 Å². The van der Waals surface area contributed by atoms with Gasteiger partial charge < -0.3 is 14.2 Å². The van der Waals surface area contributed by atoms with Crippen LogP contribution < -0.4 is 24.4 Å². The highest BCUT2D eigenvalue weighted by atomic mass is 127. The van der Waals surface area contributed by atoms with E-state index in [1.807, 2.05) is 20.8 Å². The summed E-state index contributed by atoms with van der Waals surface area (Å²) in [5, 5.41) is 2.24. The minimum Gasteiger partial charge on any atom is -0.497 e. The topological polar surface area (TPSA) is 94.2 Å². The monoisotopic (exact) mass is 626 g/mol. The molecular formula is C29H27IN2O6. The van der Waals surface area contributed by atoms with Gasteiger partial charge in [0.2, 0.25) is 0 Å². The largest absolute Gasteiger partial charge is 0.497 e. The molecule has 3 aromatic rings. The second-order valence-corrected chi connectivity index (χ2v) is 9.87. The molecule has 1 saturated heterocycles. The first-order valence-corrected chi connectivity index (χ1v) is 13.0. The molecule has 0 saturated carbocycles. The van der Waals surface area contributed by atoms with Gasteiger partial charge in [0.05, 0.1) is 23.0 Å². The van der Waals surface area contributed by atoms with Gasteiger partial charge in [0.25, 0.3) is 11.8 Å². The zero-order chi connectivity index (χ0) is 27.4. The number of benzene rings is 3. The van der Waals surface area contributed by atoms with Gasteiger partial charge in [-0.3, -0.25) is 14.9 Å². The second-order valence-electron chi connectivity index (χ2n) is 8.70. The summed E-state index contributed by atoms with van der Waals surface area (Å²) in [5.41, 5.74) is 4.04. The summed E-state index contributed by atoms with van der Waals surface area (Å²) < 4.78 is 17.9. The van der Waals surface area contributed by atoms with Gasteiger partial charge in [0, 0.05) is 0 Å². The molecule has 0 unspecified atom stereocenters. The lowest BCUT2D eigenvalue weighted by Crippen LogP contribution is -2.54. The number of methoxy groups -OCH3 is 1. The van der Waals surface area contributed by atoms with E-state index in [0.717, 1.165) is 25.2 Å². The quantitative estimate of drug-likeness (QED) is 0.200. The number of anilines is 1. The summed E-state index contributed by atoms with van der Waals surface area (Å²) in [6.45, 7) is 6.70. The molecule has 196 valence electrons. The highest BCUT2D eigenvalue weighted by Crippen LogP contribution is 2.36. The zero-order valence-corrected chi connectivity index (χ0v) is 23.6. The Balaban J connectivity index is 1.65. The molecule has 0 radical (unpaired) electrons. The van der Waals surface area contributed by atoms with Crippen molar-refractivity contribution in [3.63, 3.8) is 0 Å². The number of barbiturate groups is 1. The van der Waals surface area contributed by atoms with Crippen molar-refractivity contribution in [1.29, 1.82) is 0 Å². The van der Waals surface area contributed by atoms with E-state index in [2.05, 4.69) is 46.1 Å². The van der Waals surface area contributed by atoms with Crippen LogP contribution in [-0.2, 0) is 16.2 Å². The summed E-state index contributed by atoms with van der Waals surface area (Å²) in [5.74, 6) is 0.133. The van der Waals surface area contributed by atoms with Gasteiger partial charge in [0.15, 0.2) is 11.5 Å². The first kappa shape index (κ1) is 27.2. The molecule has 3 aromatic carbocycles. The molecule has 8 nitrogen and oxygen atoms in total. The maximum atomic E-state index is 13.3.